The third-order valence-corrected chi connectivity index (χ3v) is 2.34. The van der Waals surface area contributed by atoms with Gasteiger partial charge in [-0.15, -0.1) is 0 Å². The summed E-state index contributed by atoms with van der Waals surface area (Å²) in [6.07, 6.45) is -1.23. The molecule has 1 N–H and O–H groups in total. The van der Waals surface area contributed by atoms with E-state index in [1.807, 2.05) is 0 Å². The highest BCUT2D eigenvalue weighted by molar-refractivity contribution is 9.10. The predicted molar refractivity (Wildman–Crippen MR) is 64.9 cm³/mol. The van der Waals surface area contributed by atoms with E-state index >= 15 is 0 Å². The molecule has 0 spiro atoms. The Labute approximate surface area is 104 Å². The van der Waals surface area contributed by atoms with Crippen molar-refractivity contribution in [3.8, 4) is 0 Å². The zero-order chi connectivity index (χ0) is 12.3. The van der Waals surface area contributed by atoms with Gasteiger partial charge in [0.05, 0.1) is 0 Å². The summed E-state index contributed by atoms with van der Waals surface area (Å²) in [4.78, 5) is 11.6. The van der Waals surface area contributed by atoms with Crippen molar-refractivity contribution in [2.45, 2.75) is 32.5 Å². The molecule has 1 rings (SSSR count). The fraction of sp³-hybridized carbons (Fsp3) is 0.417. The number of carbonyl (C=O) groups excluding carboxylic acids is 1. The number of hydrogen-bond acceptors (Lipinski definition) is 3. The standard InChI is InChI=1S/C12H15BrO3/c1-12(2,3)16-11(15)10(14)8-4-6-9(13)7-5-8/h4-7,10,14H,1-3H3/t10-/m0/s1. The molecule has 0 aliphatic rings. The number of carbonyl (C=O) groups is 1. The Bertz CT molecular complexity index is 365. The van der Waals surface area contributed by atoms with Gasteiger partial charge in [-0.3, -0.25) is 0 Å². The molecule has 4 heteroatoms. The fourth-order valence-corrected chi connectivity index (χ4v) is 1.40. The lowest BCUT2D eigenvalue weighted by molar-refractivity contribution is -0.165. The number of ether oxygens (including phenoxy) is 1. The van der Waals surface area contributed by atoms with Crippen LogP contribution in [0.5, 0.6) is 0 Å². The zero-order valence-corrected chi connectivity index (χ0v) is 11.1. The normalized spacial score (nSPS) is 13.3. The van der Waals surface area contributed by atoms with Gasteiger partial charge in [0.15, 0.2) is 6.10 Å². The minimum absolute atomic E-state index is 0.525. The van der Waals surface area contributed by atoms with Gasteiger partial charge in [0.1, 0.15) is 5.60 Å². The quantitative estimate of drug-likeness (QED) is 0.851. The van der Waals surface area contributed by atoms with Crippen LogP contribution in [0, 0.1) is 0 Å². The lowest BCUT2D eigenvalue weighted by atomic mass is 10.1. The third-order valence-electron chi connectivity index (χ3n) is 1.82. The van der Waals surface area contributed by atoms with Gasteiger partial charge in [-0.05, 0) is 38.5 Å². The Morgan fingerprint density at radius 1 is 1.31 bits per heavy atom. The molecule has 1 aromatic carbocycles. The maximum absolute atomic E-state index is 11.6. The van der Waals surface area contributed by atoms with Gasteiger partial charge in [-0.2, -0.15) is 0 Å². The van der Waals surface area contributed by atoms with E-state index in [-0.39, 0.29) is 0 Å². The molecule has 0 aromatic heterocycles. The monoisotopic (exact) mass is 286 g/mol. The second-order valence-electron chi connectivity index (χ2n) is 4.49. The van der Waals surface area contributed by atoms with Gasteiger partial charge >= 0.3 is 5.97 Å². The van der Waals surface area contributed by atoms with E-state index in [0.29, 0.717) is 5.56 Å². The largest absolute Gasteiger partial charge is 0.458 e. The first-order chi connectivity index (χ1) is 7.29. The number of rotatable bonds is 2. The summed E-state index contributed by atoms with van der Waals surface area (Å²) < 4.78 is 5.98. The van der Waals surface area contributed by atoms with Crippen molar-refractivity contribution in [3.63, 3.8) is 0 Å². The third kappa shape index (κ3) is 3.94. The summed E-state index contributed by atoms with van der Waals surface area (Å²) in [5.41, 5.74) is -0.0644. The Morgan fingerprint density at radius 2 is 1.81 bits per heavy atom. The summed E-state index contributed by atoms with van der Waals surface area (Å²) in [7, 11) is 0. The highest BCUT2D eigenvalue weighted by atomic mass is 79.9. The van der Waals surface area contributed by atoms with Crippen LogP contribution < -0.4 is 0 Å². The van der Waals surface area contributed by atoms with Crippen molar-refractivity contribution in [1.29, 1.82) is 0 Å². The minimum atomic E-state index is -1.23. The summed E-state index contributed by atoms with van der Waals surface area (Å²) in [6.45, 7) is 5.29. The van der Waals surface area contributed by atoms with E-state index in [4.69, 9.17) is 4.74 Å². The Hall–Kier alpha value is -0.870. The van der Waals surface area contributed by atoms with Crippen molar-refractivity contribution in [2.75, 3.05) is 0 Å². The maximum Gasteiger partial charge on any atom is 0.340 e. The van der Waals surface area contributed by atoms with Gasteiger partial charge in [0.25, 0.3) is 0 Å². The number of halogens is 1. The molecule has 0 aliphatic carbocycles. The molecule has 16 heavy (non-hydrogen) atoms. The van der Waals surface area contributed by atoms with Crippen molar-refractivity contribution in [2.24, 2.45) is 0 Å². The van der Waals surface area contributed by atoms with Crippen LogP contribution in [-0.2, 0) is 9.53 Å². The Balaban J connectivity index is 2.74. The molecule has 88 valence electrons. The van der Waals surface area contributed by atoms with E-state index in [0.717, 1.165) is 4.47 Å². The van der Waals surface area contributed by atoms with E-state index in [1.165, 1.54) is 0 Å². The molecule has 3 nitrogen and oxygen atoms in total. The highest BCUT2D eigenvalue weighted by Gasteiger charge is 2.24. The average molecular weight is 287 g/mol. The van der Waals surface area contributed by atoms with Crippen molar-refractivity contribution in [3.05, 3.63) is 34.3 Å². The molecule has 0 amide bonds. The molecule has 0 unspecified atom stereocenters. The number of benzene rings is 1. The molecular weight excluding hydrogens is 272 g/mol. The lowest BCUT2D eigenvalue weighted by Gasteiger charge is -2.21. The van der Waals surface area contributed by atoms with Gasteiger partial charge in [-0.25, -0.2) is 4.79 Å². The molecule has 0 fully saturated rings. The lowest BCUT2D eigenvalue weighted by Crippen LogP contribution is -2.27. The Morgan fingerprint density at radius 3 is 2.25 bits per heavy atom. The number of hydrogen-bond donors (Lipinski definition) is 1. The van der Waals surface area contributed by atoms with Crippen molar-refractivity contribution < 1.29 is 14.6 Å². The van der Waals surface area contributed by atoms with E-state index in [9.17, 15) is 9.90 Å². The average Bonchev–Trinajstić information content (AvgIpc) is 2.15. The summed E-state index contributed by atoms with van der Waals surface area (Å²) in [5, 5.41) is 9.75. The van der Waals surface area contributed by atoms with Crippen LogP contribution in [0.1, 0.15) is 32.4 Å². The van der Waals surface area contributed by atoms with Crippen LogP contribution in [0.4, 0.5) is 0 Å². The fourth-order valence-electron chi connectivity index (χ4n) is 1.14. The van der Waals surface area contributed by atoms with Crippen LogP contribution in [0.15, 0.2) is 28.7 Å². The van der Waals surface area contributed by atoms with Gasteiger partial charge < -0.3 is 9.84 Å². The number of esters is 1. The first-order valence-corrected chi connectivity index (χ1v) is 5.75. The van der Waals surface area contributed by atoms with Crippen LogP contribution in [0.2, 0.25) is 0 Å². The van der Waals surface area contributed by atoms with Gasteiger partial charge in [0, 0.05) is 4.47 Å². The van der Waals surface area contributed by atoms with Crippen LogP contribution in [0.3, 0.4) is 0 Å². The first kappa shape index (κ1) is 13.2. The molecule has 1 atom stereocenters. The molecule has 0 heterocycles. The van der Waals surface area contributed by atoms with E-state index < -0.39 is 17.7 Å². The van der Waals surface area contributed by atoms with Gasteiger partial charge in [0.2, 0.25) is 0 Å². The minimum Gasteiger partial charge on any atom is -0.458 e. The summed E-state index contributed by atoms with van der Waals surface area (Å²) in [5.74, 6) is -0.630. The molecule has 0 bridgehead atoms. The molecule has 0 saturated carbocycles. The molecule has 0 saturated heterocycles. The van der Waals surface area contributed by atoms with Gasteiger partial charge in [-0.1, -0.05) is 28.1 Å². The van der Waals surface area contributed by atoms with Crippen LogP contribution in [0.25, 0.3) is 0 Å². The predicted octanol–water partition coefficient (Wildman–Crippen LogP) is 2.82. The summed E-state index contributed by atoms with van der Waals surface area (Å²) >= 11 is 3.28. The second kappa shape index (κ2) is 4.97. The second-order valence-corrected chi connectivity index (χ2v) is 5.40. The van der Waals surface area contributed by atoms with Crippen molar-refractivity contribution in [1.82, 2.24) is 0 Å². The topological polar surface area (TPSA) is 46.5 Å². The van der Waals surface area contributed by atoms with Crippen LogP contribution in [-0.4, -0.2) is 16.7 Å². The number of aliphatic hydroxyl groups is 1. The van der Waals surface area contributed by atoms with E-state index in [2.05, 4.69) is 15.9 Å². The summed E-state index contributed by atoms with van der Waals surface area (Å²) in [6, 6.07) is 6.89. The Kier molecular flexibility index (Phi) is 4.10. The van der Waals surface area contributed by atoms with E-state index in [1.54, 1.807) is 45.0 Å². The molecule has 0 aliphatic heterocycles. The first-order valence-electron chi connectivity index (χ1n) is 4.96. The van der Waals surface area contributed by atoms with Crippen LogP contribution >= 0.6 is 15.9 Å². The number of aliphatic hydroxyl groups excluding tert-OH is 1. The highest BCUT2D eigenvalue weighted by Crippen LogP contribution is 2.20. The maximum atomic E-state index is 11.6. The SMILES string of the molecule is CC(C)(C)OC(=O)[C@@H](O)c1ccc(Br)cc1. The molecular formula is C12H15BrO3. The molecule has 1 aromatic rings. The smallest absolute Gasteiger partial charge is 0.340 e. The van der Waals surface area contributed by atoms with Crippen molar-refractivity contribution >= 4 is 21.9 Å². The molecule has 0 radical (unpaired) electrons. The zero-order valence-electron chi connectivity index (χ0n) is 9.53.